The summed E-state index contributed by atoms with van der Waals surface area (Å²) in [6, 6.07) is 2.95. The molecule has 0 spiro atoms. The van der Waals surface area contributed by atoms with E-state index >= 15 is 0 Å². The number of aromatic nitrogens is 3. The van der Waals surface area contributed by atoms with Gasteiger partial charge in [0.05, 0.1) is 11.6 Å². The molecule has 0 radical (unpaired) electrons. The third kappa shape index (κ3) is 2.42. The van der Waals surface area contributed by atoms with Gasteiger partial charge in [-0.3, -0.25) is 0 Å². The molecule has 0 saturated heterocycles. The maximum Gasteiger partial charge on any atom is 0.159 e. The van der Waals surface area contributed by atoms with E-state index in [9.17, 15) is 0 Å². The van der Waals surface area contributed by atoms with Crippen molar-refractivity contribution >= 4 is 16.7 Å². The van der Waals surface area contributed by atoms with Crippen LogP contribution in [-0.2, 0) is 6.54 Å². The van der Waals surface area contributed by atoms with E-state index in [1.54, 1.807) is 0 Å². The first kappa shape index (κ1) is 12.4. The first-order valence-corrected chi connectivity index (χ1v) is 7.10. The molecule has 1 aliphatic rings. The Morgan fingerprint density at radius 2 is 2.16 bits per heavy atom. The summed E-state index contributed by atoms with van der Waals surface area (Å²) >= 11 is 0. The number of aryl methyl sites for hydroxylation is 1. The van der Waals surface area contributed by atoms with Crippen LogP contribution in [0.15, 0.2) is 18.5 Å². The van der Waals surface area contributed by atoms with E-state index in [1.165, 1.54) is 0 Å². The fourth-order valence-electron chi connectivity index (χ4n) is 2.82. The second-order valence-corrected chi connectivity index (χ2v) is 5.31. The van der Waals surface area contributed by atoms with Gasteiger partial charge < -0.3 is 11.1 Å². The molecular weight excluding hydrogens is 238 g/mol. The predicted molar refractivity (Wildman–Crippen MR) is 77.1 cm³/mol. The second-order valence-electron chi connectivity index (χ2n) is 5.31. The number of nitrogens with two attached hydrogens (primary N) is 1. The number of pyridine rings is 1. The van der Waals surface area contributed by atoms with Crippen molar-refractivity contribution in [2.75, 3.05) is 5.32 Å². The monoisotopic (exact) mass is 259 g/mol. The maximum absolute atomic E-state index is 5.95. The standard InChI is InChI=1S/C14H21N5/c1-2-19-14-12(9-17-19)13(7-8-16-14)18-11-5-3-10(15)4-6-11/h7-11H,2-6,15H2,1H3,(H,16,18). The van der Waals surface area contributed by atoms with Crippen LogP contribution in [0, 0.1) is 0 Å². The third-order valence-corrected chi connectivity index (χ3v) is 3.97. The Labute approximate surface area is 113 Å². The molecule has 0 amide bonds. The van der Waals surface area contributed by atoms with E-state index in [-0.39, 0.29) is 0 Å². The number of hydrogen-bond donors (Lipinski definition) is 2. The van der Waals surface area contributed by atoms with Crippen LogP contribution >= 0.6 is 0 Å². The molecule has 5 nitrogen and oxygen atoms in total. The maximum atomic E-state index is 5.95. The molecule has 3 rings (SSSR count). The lowest BCUT2D eigenvalue weighted by molar-refractivity contribution is 0.411. The van der Waals surface area contributed by atoms with Crippen LogP contribution in [0.1, 0.15) is 32.6 Å². The fraction of sp³-hybridized carbons (Fsp3) is 0.571. The van der Waals surface area contributed by atoms with Crippen LogP contribution in [0.3, 0.4) is 0 Å². The highest BCUT2D eigenvalue weighted by Gasteiger charge is 2.19. The highest BCUT2D eigenvalue weighted by molar-refractivity contribution is 5.88. The number of rotatable bonds is 3. The van der Waals surface area contributed by atoms with Crippen LogP contribution in [0.25, 0.3) is 11.0 Å². The summed E-state index contributed by atoms with van der Waals surface area (Å²) in [6.45, 7) is 2.93. The van der Waals surface area contributed by atoms with Crippen molar-refractivity contribution in [3.8, 4) is 0 Å². The van der Waals surface area contributed by atoms with Crippen LogP contribution in [0.2, 0.25) is 0 Å². The molecule has 0 atom stereocenters. The van der Waals surface area contributed by atoms with Crippen LogP contribution in [0.4, 0.5) is 5.69 Å². The number of nitrogens with one attached hydrogen (secondary N) is 1. The molecule has 0 unspecified atom stereocenters. The first-order valence-electron chi connectivity index (χ1n) is 7.10. The van der Waals surface area contributed by atoms with Gasteiger partial charge in [-0.15, -0.1) is 0 Å². The van der Waals surface area contributed by atoms with E-state index in [1.807, 2.05) is 23.1 Å². The minimum absolute atomic E-state index is 0.387. The Morgan fingerprint density at radius 3 is 2.89 bits per heavy atom. The lowest BCUT2D eigenvalue weighted by Crippen LogP contribution is -2.32. The topological polar surface area (TPSA) is 68.8 Å². The predicted octanol–water partition coefficient (Wildman–Crippen LogP) is 2.13. The molecular formula is C14H21N5. The van der Waals surface area contributed by atoms with E-state index in [0.29, 0.717) is 12.1 Å². The number of nitrogens with zero attached hydrogens (tertiary/aromatic N) is 3. The van der Waals surface area contributed by atoms with Crippen LogP contribution in [-0.4, -0.2) is 26.8 Å². The molecule has 2 aromatic heterocycles. The van der Waals surface area contributed by atoms with Gasteiger partial charge in [0.2, 0.25) is 0 Å². The normalized spacial score (nSPS) is 23.7. The van der Waals surface area contributed by atoms with Crippen molar-refractivity contribution in [2.24, 2.45) is 5.73 Å². The lowest BCUT2D eigenvalue weighted by Gasteiger charge is -2.27. The molecule has 2 aromatic rings. The molecule has 3 N–H and O–H groups in total. The van der Waals surface area contributed by atoms with Gasteiger partial charge in [-0.2, -0.15) is 5.10 Å². The van der Waals surface area contributed by atoms with Crippen molar-refractivity contribution < 1.29 is 0 Å². The van der Waals surface area contributed by atoms with Crippen molar-refractivity contribution in [1.29, 1.82) is 0 Å². The lowest BCUT2D eigenvalue weighted by atomic mass is 9.91. The van der Waals surface area contributed by atoms with Crippen molar-refractivity contribution in [3.63, 3.8) is 0 Å². The van der Waals surface area contributed by atoms with E-state index in [4.69, 9.17) is 5.73 Å². The number of hydrogen-bond acceptors (Lipinski definition) is 4. The minimum Gasteiger partial charge on any atom is -0.382 e. The van der Waals surface area contributed by atoms with Gasteiger partial charge in [0.1, 0.15) is 0 Å². The van der Waals surface area contributed by atoms with Gasteiger partial charge in [0.15, 0.2) is 5.65 Å². The number of anilines is 1. The second kappa shape index (κ2) is 5.17. The SMILES string of the molecule is CCn1ncc2c(NC3CCC(N)CC3)ccnc21. The zero-order chi connectivity index (χ0) is 13.2. The Morgan fingerprint density at radius 1 is 1.37 bits per heavy atom. The molecule has 0 aliphatic heterocycles. The molecule has 19 heavy (non-hydrogen) atoms. The van der Waals surface area contributed by atoms with Crippen molar-refractivity contribution in [2.45, 2.75) is 51.2 Å². The Balaban J connectivity index is 1.83. The Bertz CT molecular complexity index is 554. The van der Waals surface area contributed by atoms with Crippen molar-refractivity contribution in [1.82, 2.24) is 14.8 Å². The smallest absolute Gasteiger partial charge is 0.159 e. The van der Waals surface area contributed by atoms with Gasteiger partial charge in [-0.25, -0.2) is 9.67 Å². The summed E-state index contributed by atoms with van der Waals surface area (Å²) in [4.78, 5) is 4.42. The van der Waals surface area contributed by atoms with Crippen LogP contribution in [0.5, 0.6) is 0 Å². The molecule has 1 aliphatic carbocycles. The van der Waals surface area contributed by atoms with E-state index in [0.717, 1.165) is 48.9 Å². The molecule has 0 aromatic carbocycles. The summed E-state index contributed by atoms with van der Waals surface area (Å²) < 4.78 is 1.93. The zero-order valence-electron chi connectivity index (χ0n) is 11.3. The first-order chi connectivity index (χ1) is 9.28. The summed E-state index contributed by atoms with van der Waals surface area (Å²) in [5, 5.41) is 9.12. The van der Waals surface area contributed by atoms with E-state index < -0.39 is 0 Å². The fourth-order valence-corrected chi connectivity index (χ4v) is 2.82. The van der Waals surface area contributed by atoms with Gasteiger partial charge >= 0.3 is 0 Å². The molecule has 0 bridgehead atoms. The molecule has 2 heterocycles. The summed E-state index contributed by atoms with van der Waals surface area (Å²) in [6.07, 6.45) is 8.27. The average Bonchev–Trinajstić information content (AvgIpc) is 2.85. The van der Waals surface area contributed by atoms with Gasteiger partial charge in [-0.1, -0.05) is 0 Å². The Kier molecular flexibility index (Phi) is 3.38. The quantitative estimate of drug-likeness (QED) is 0.886. The number of fused-ring (bicyclic) bond motifs is 1. The minimum atomic E-state index is 0.387. The molecule has 1 fully saturated rings. The molecule has 102 valence electrons. The molecule has 1 saturated carbocycles. The van der Waals surface area contributed by atoms with Gasteiger partial charge in [0, 0.05) is 30.5 Å². The van der Waals surface area contributed by atoms with Gasteiger partial charge in [-0.05, 0) is 38.7 Å². The zero-order valence-corrected chi connectivity index (χ0v) is 11.3. The summed E-state index contributed by atoms with van der Waals surface area (Å²) in [5.74, 6) is 0. The summed E-state index contributed by atoms with van der Waals surface area (Å²) in [5.41, 5.74) is 8.05. The van der Waals surface area contributed by atoms with Crippen LogP contribution < -0.4 is 11.1 Å². The summed E-state index contributed by atoms with van der Waals surface area (Å²) in [7, 11) is 0. The third-order valence-electron chi connectivity index (χ3n) is 3.97. The highest BCUT2D eigenvalue weighted by Crippen LogP contribution is 2.26. The Hall–Kier alpha value is -1.62. The van der Waals surface area contributed by atoms with E-state index in [2.05, 4.69) is 22.3 Å². The molecule has 5 heteroatoms. The average molecular weight is 259 g/mol. The largest absolute Gasteiger partial charge is 0.382 e. The van der Waals surface area contributed by atoms with Gasteiger partial charge in [0.25, 0.3) is 0 Å². The van der Waals surface area contributed by atoms with Crippen molar-refractivity contribution in [3.05, 3.63) is 18.5 Å². The highest BCUT2D eigenvalue weighted by atomic mass is 15.3.